The molecule has 3 aromatic rings. The Bertz CT molecular complexity index is 1370. The van der Waals surface area contributed by atoms with E-state index in [-0.39, 0.29) is 25.0 Å². The van der Waals surface area contributed by atoms with Gasteiger partial charge in [0.15, 0.2) is 16.6 Å². The number of benzene rings is 2. The molecule has 1 N–H and O–H groups in total. The summed E-state index contributed by atoms with van der Waals surface area (Å²) in [4.78, 5) is 32.8. The Kier molecular flexibility index (Phi) is 7.35. The molecule has 3 heterocycles. The average molecular weight is 538 g/mol. The number of thioether (sulfide) groups is 1. The number of hydrogen-bond donors (Lipinski definition) is 1. The number of nitrogens with zero attached hydrogens (tertiary/aromatic N) is 2. The topological polar surface area (TPSA) is 80.8 Å². The summed E-state index contributed by atoms with van der Waals surface area (Å²) in [6, 6.07) is 13.9. The molecular weight excluding hydrogens is 515 g/mol. The number of hydrogen-bond acceptors (Lipinski definition) is 8. The van der Waals surface area contributed by atoms with Crippen molar-refractivity contribution in [2.24, 2.45) is 0 Å². The van der Waals surface area contributed by atoms with E-state index < -0.39 is 0 Å². The summed E-state index contributed by atoms with van der Waals surface area (Å²) in [5.41, 5.74) is 3.27. The molecule has 1 fully saturated rings. The van der Waals surface area contributed by atoms with Crippen LogP contribution in [0.1, 0.15) is 34.4 Å². The fourth-order valence-corrected chi connectivity index (χ4v) is 6.07. The lowest BCUT2D eigenvalue weighted by molar-refractivity contribution is -0.122. The van der Waals surface area contributed by atoms with E-state index in [1.54, 1.807) is 17.2 Å². The summed E-state index contributed by atoms with van der Waals surface area (Å²) in [6.45, 7) is 2.65. The molecule has 2 aliphatic heterocycles. The maximum Gasteiger partial charge on any atom is 0.266 e. The Labute approximate surface area is 222 Å². The molecule has 0 spiro atoms. The molecule has 0 radical (unpaired) electrons. The Morgan fingerprint density at radius 2 is 2.08 bits per heavy atom. The molecule has 0 atom stereocenters. The summed E-state index contributed by atoms with van der Waals surface area (Å²) >= 11 is 8.15. The van der Waals surface area contributed by atoms with Crippen LogP contribution < -0.4 is 14.8 Å². The second-order valence-corrected chi connectivity index (χ2v) is 11.2. The lowest BCUT2D eigenvalue weighted by atomic mass is 10.1. The van der Waals surface area contributed by atoms with Crippen LogP contribution in [0.3, 0.4) is 0 Å². The van der Waals surface area contributed by atoms with E-state index in [0.29, 0.717) is 38.8 Å². The van der Waals surface area contributed by atoms with Crippen LogP contribution in [0.5, 0.6) is 11.5 Å². The van der Waals surface area contributed by atoms with Crippen molar-refractivity contribution in [2.75, 3.05) is 18.7 Å². The molecule has 36 heavy (non-hydrogen) atoms. The average Bonchev–Trinajstić information content (AvgIpc) is 3.55. The van der Waals surface area contributed by atoms with Gasteiger partial charge in [0.05, 0.1) is 4.91 Å². The summed E-state index contributed by atoms with van der Waals surface area (Å²) < 4.78 is 11.2. The number of nitrogens with one attached hydrogen (secondary N) is 1. The number of carbonyl (C=O) groups is 2. The van der Waals surface area contributed by atoms with Gasteiger partial charge in [-0.1, -0.05) is 59.9 Å². The van der Waals surface area contributed by atoms with Crippen LogP contribution in [0.15, 0.2) is 53.6 Å². The van der Waals surface area contributed by atoms with Gasteiger partial charge in [0.25, 0.3) is 5.91 Å². The normalized spacial score (nSPS) is 15.7. The largest absolute Gasteiger partial charge is 0.454 e. The molecule has 2 aromatic carbocycles. The highest BCUT2D eigenvalue weighted by Gasteiger charge is 2.31. The van der Waals surface area contributed by atoms with Crippen molar-refractivity contribution in [3.05, 3.63) is 75.1 Å². The van der Waals surface area contributed by atoms with E-state index in [1.807, 2.05) is 24.3 Å². The van der Waals surface area contributed by atoms with Gasteiger partial charge in [-0.3, -0.25) is 14.5 Å². The summed E-state index contributed by atoms with van der Waals surface area (Å²) in [5.74, 6) is 1.07. The standard InChI is InChI=1S/C26H23N3O4S3/c1-16-4-2-5-17(10-16)11-19-14-27-25(35-19)28-23(30)6-3-9-29-24(31)22(36-26(29)34)13-18-7-8-20-21(12-18)33-15-32-20/h2,4-5,7-8,10,12-14H,3,6,9,11,15H2,1H3,(H,27,28,30)/b22-13-. The van der Waals surface area contributed by atoms with E-state index in [2.05, 4.69) is 35.4 Å². The third kappa shape index (κ3) is 5.77. The number of thiazole rings is 1. The van der Waals surface area contributed by atoms with E-state index >= 15 is 0 Å². The number of thiocarbonyl (C=S) groups is 1. The number of anilines is 1. The first-order valence-electron chi connectivity index (χ1n) is 11.4. The van der Waals surface area contributed by atoms with Gasteiger partial charge in [0, 0.05) is 30.5 Å². The molecule has 0 bridgehead atoms. The molecule has 2 amide bonds. The van der Waals surface area contributed by atoms with Gasteiger partial charge in [-0.05, 0) is 42.7 Å². The third-order valence-corrected chi connectivity index (χ3v) is 7.90. The zero-order chi connectivity index (χ0) is 25.1. The van der Waals surface area contributed by atoms with E-state index in [9.17, 15) is 9.59 Å². The first-order valence-corrected chi connectivity index (χ1v) is 13.4. The lowest BCUT2D eigenvalue weighted by Crippen LogP contribution is -2.29. The molecule has 1 saturated heterocycles. The minimum absolute atomic E-state index is 0.132. The smallest absolute Gasteiger partial charge is 0.266 e. The predicted molar refractivity (Wildman–Crippen MR) is 146 cm³/mol. The SMILES string of the molecule is Cc1cccc(Cc2cnc(NC(=O)CCCN3C(=O)/C(=C/c4ccc5c(c4)OCO5)SC3=S)s2)c1. The van der Waals surface area contributed by atoms with Crippen LogP contribution in [-0.2, 0) is 16.0 Å². The molecule has 2 aliphatic rings. The van der Waals surface area contributed by atoms with Crippen molar-refractivity contribution in [3.63, 3.8) is 0 Å². The summed E-state index contributed by atoms with van der Waals surface area (Å²) in [6.07, 6.45) is 5.14. The van der Waals surface area contributed by atoms with Gasteiger partial charge in [0.2, 0.25) is 12.7 Å². The highest BCUT2D eigenvalue weighted by molar-refractivity contribution is 8.26. The Balaban J connectivity index is 1.11. The number of aromatic nitrogens is 1. The van der Waals surface area contributed by atoms with Crippen LogP contribution in [-0.4, -0.2) is 39.4 Å². The van der Waals surface area contributed by atoms with E-state index in [4.69, 9.17) is 21.7 Å². The molecule has 1 aromatic heterocycles. The highest BCUT2D eigenvalue weighted by Crippen LogP contribution is 2.36. The number of rotatable bonds is 8. The molecule has 0 aliphatic carbocycles. The molecule has 0 saturated carbocycles. The maximum atomic E-state index is 12.9. The van der Waals surface area contributed by atoms with Crippen LogP contribution in [0.25, 0.3) is 6.08 Å². The third-order valence-electron chi connectivity index (χ3n) is 5.61. The fraction of sp³-hybridized carbons (Fsp3) is 0.231. The fourth-order valence-electron chi connectivity index (χ4n) is 3.90. The second kappa shape index (κ2) is 10.8. The van der Waals surface area contributed by atoms with E-state index in [1.165, 1.54) is 34.2 Å². The maximum absolute atomic E-state index is 12.9. The van der Waals surface area contributed by atoms with Gasteiger partial charge >= 0.3 is 0 Å². The summed E-state index contributed by atoms with van der Waals surface area (Å²) in [5, 5.41) is 3.45. The zero-order valence-corrected chi connectivity index (χ0v) is 21.9. The van der Waals surface area contributed by atoms with Crippen LogP contribution >= 0.6 is 35.3 Å². The van der Waals surface area contributed by atoms with Crippen LogP contribution in [0.4, 0.5) is 5.13 Å². The number of amides is 2. The van der Waals surface area contributed by atoms with Crippen molar-refractivity contribution in [2.45, 2.75) is 26.2 Å². The zero-order valence-electron chi connectivity index (χ0n) is 19.5. The minimum Gasteiger partial charge on any atom is -0.454 e. The first-order chi connectivity index (χ1) is 17.4. The van der Waals surface area contributed by atoms with Crippen LogP contribution in [0, 0.1) is 6.92 Å². The molecule has 184 valence electrons. The van der Waals surface area contributed by atoms with Crippen molar-refractivity contribution in [3.8, 4) is 11.5 Å². The van der Waals surface area contributed by atoms with Gasteiger partial charge < -0.3 is 14.8 Å². The molecule has 5 rings (SSSR count). The first kappa shape index (κ1) is 24.5. The van der Waals surface area contributed by atoms with Gasteiger partial charge in [-0.25, -0.2) is 4.98 Å². The molecule has 7 nitrogen and oxygen atoms in total. The minimum atomic E-state index is -0.149. The lowest BCUT2D eigenvalue weighted by Gasteiger charge is -2.13. The van der Waals surface area contributed by atoms with Crippen molar-refractivity contribution in [1.82, 2.24) is 9.88 Å². The Morgan fingerprint density at radius 3 is 2.94 bits per heavy atom. The van der Waals surface area contributed by atoms with Gasteiger partial charge in [0.1, 0.15) is 4.32 Å². The van der Waals surface area contributed by atoms with Crippen molar-refractivity contribution >= 4 is 62.7 Å². The van der Waals surface area contributed by atoms with Crippen molar-refractivity contribution < 1.29 is 19.1 Å². The number of carbonyl (C=O) groups excluding carboxylic acids is 2. The Morgan fingerprint density at radius 1 is 1.22 bits per heavy atom. The number of aryl methyl sites for hydroxylation is 1. The van der Waals surface area contributed by atoms with Crippen LogP contribution in [0.2, 0.25) is 0 Å². The van der Waals surface area contributed by atoms with E-state index in [0.717, 1.165) is 16.9 Å². The second-order valence-electron chi connectivity index (χ2n) is 8.40. The number of ether oxygens (including phenoxy) is 2. The predicted octanol–water partition coefficient (Wildman–Crippen LogP) is 5.39. The highest BCUT2D eigenvalue weighted by atomic mass is 32.2. The Hall–Kier alpha value is -3.21. The molecule has 0 unspecified atom stereocenters. The molecular formula is C26H23N3O4S3. The molecule has 10 heteroatoms. The van der Waals surface area contributed by atoms with Gasteiger partial charge in [-0.2, -0.15) is 0 Å². The monoisotopic (exact) mass is 537 g/mol. The quantitative estimate of drug-likeness (QED) is 0.305. The van der Waals surface area contributed by atoms with Crippen molar-refractivity contribution in [1.29, 1.82) is 0 Å². The number of fused-ring (bicyclic) bond motifs is 1. The van der Waals surface area contributed by atoms with Gasteiger partial charge in [-0.15, -0.1) is 11.3 Å². The summed E-state index contributed by atoms with van der Waals surface area (Å²) in [7, 11) is 0.